The van der Waals surface area contributed by atoms with E-state index in [1.807, 2.05) is 0 Å². The van der Waals surface area contributed by atoms with E-state index in [9.17, 15) is 14.9 Å². The number of rotatable bonds is 7. The molecule has 0 spiro atoms. The van der Waals surface area contributed by atoms with Crippen molar-refractivity contribution in [2.45, 2.75) is 6.42 Å². The van der Waals surface area contributed by atoms with Gasteiger partial charge in [0, 0.05) is 18.7 Å². The van der Waals surface area contributed by atoms with Crippen molar-refractivity contribution in [3.63, 3.8) is 0 Å². The molecule has 0 aliphatic carbocycles. The van der Waals surface area contributed by atoms with E-state index in [1.54, 1.807) is 0 Å². The van der Waals surface area contributed by atoms with Gasteiger partial charge >= 0.3 is 0 Å². The Morgan fingerprint density at radius 3 is 2.53 bits per heavy atom. The predicted molar refractivity (Wildman–Crippen MR) is 72.5 cm³/mol. The van der Waals surface area contributed by atoms with Gasteiger partial charge in [0.2, 0.25) is 0 Å². The maximum atomic E-state index is 11.3. The Balaban J connectivity index is 0.00000324. The number of hydrogen-bond acceptors (Lipinski definition) is 5. The Morgan fingerprint density at radius 1 is 1.37 bits per heavy atom. The number of non-ortho nitro benzene ring substituents is 1. The zero-order chi connectivity index (χ0) is 13.4. The lowest BCUT2D eigenvalue weighted by Crippen LogP contribution is -2.30. The zero-order valence-corrected chi connectivity index (χ0v) is 11.0. The smallest absolute Gasteiger partial charge is 0.269 e. The largest absolute Gasteiger partial charge is 0.484 e. The Hall–Kier alpha value is -1.86. The van der Waals surface area contributed by atoms with E-state index >= 15 is 0 Å². The monoisotopic (exact) mass is 289 g/mol. The van der Waals surface area contributed by atoms with E-state index in [1.165, 1.54) is 24.3 Å². The minimum Gasteiger partial charge on any atom is -0.484 e. The van der Waals surface area contributed by atoms with Crippen LogP contribution in [0.5, 0.6) is 5.75 Å². The van der Waals surface area contributed by atoms with Crippen molar-refractivity contribution in [2.24, 2.45) is 5.73 Å². The summed E-state index contributed by atoms with van der Waals surface area (Å²) in [5.74, 6) is 0.163. The second-order valence-corrected chi connectivity index (χ2v) is 3.53. The molecule has 0 aromatic heterocycles. The third kappa shape index (κ3) is 6.58. The zero-order valence-electron chi connectivity index (χ0n) is 10.2. The Kier molecular flexibility index (Phi) is 8.23. The molecule has 1 amide bonds. The van der Waals surface area contributed by atoms with Crippen LogP contribution in [-0.2, 0) is 4.79 Å². The molecular formula is C11H16ClN3O4. The Bertz CT molecular complexity index is 411. The summed E-state index contributed by atoms with van der Waals surface area (Å²) in [4.78, 5) is 21.2. The average Bonchev–Trinajstić information content (AvgIpc) is 2.37. The quantitative estimate of drug-likeness (QED) is 0.440. The van der Waals surface area contributed by atoms with Crippen LogP contribution in [0.2, 0.25) is 0 Å². The van der Waals surface area contributed by atoms with Gasteiger partial charge in [-0.1, -0.05) is 0 Å². The number of nitrogens with two attached hydrogens (primary N) is 1. The molecule has 0 bridgehead atoms. The number of halogens is 1. The average molecular weight is 290 g/mol. The van der Waals surface area contributed by atoms with E-state index in [4.69, 9.17) is 10.5 Å². The third-order valence-electron chi connectivity index (χ3n) is 2.12. The number of carbonyl (C=O) groups excluding carboxylic acids is 1. The first kappa shape index (κ1) is 17.1. The van der Waals surface area contributed by atoms with Crippen molar-refractivity contribution >= 4 is 24.0 Å². The first-order chi connectivity index (χ1) is 8.63. The molecule has 106 valence electrons. The van der Waals surface area contributed by atoms with Gasteiger partial charge in [-0.2, -0.15) is 0 Å². The second-order valence-electron chi connectivity index (χ2n) is 3.53. The molecule has 0 atom stereocenters. The molecule has 0 fully saturated rings. The summed E-state index contributed by atoms with van der Waals surface area (Å²) < 4.78 is 5.17. The van der Waals surface area contributed by atoms with E-state index in [0.717, 1.165) is 0 Å². The summed E-state index contributed by atoms with van der Waals surface area (Å²) in [6, 6.07) is 5.54. The fraction of sp³-hybridized carbons (Fsp3) is 0.364. The van der Waals surface area contributed by atoms with Crippen molar-refractivity contribution in [1.29, 1.82) is 0 Å². The lowest BCUT2D eigenvalue weighted by atomic mass is 10.3. The molecule has 0 saturated carbocycles. The fourth-order valence-corrected chi connectivity index (χ4v) is 1.19. The van der Waals surface area contributed by atoms with Crippen molar-refractivity contribution < 1.29 is 14.5 Å². The van der Waals surface area contributed by atoms with E-state index in [0.29, 0.717) is 25.3 Å². The molecule has 7 nitrogen and oxygen atoms in total. The summed E-state index contributed by atoms with van der Waals surface area (Å²) in [6.07, 6.45) is 0.712. The van der Waals surface area contributed by atoms with Crippen LogP contribution < -0.4 is 15.8 Å². The molecule has 0 saturated heterocycles. The van der Waals surface area contributed by atoms with Crippen LogP contribution in [0.4, 0.5) is 5.69 Å². The van der Waals surface area contributed by atoms with Gasteiger partial charge in [-0.3, -0.25) is 14.9 Å². The molecule has 0 aliphatic heterocycles. The number of nitro groups is 1. The van der Waals surface area contributed by atoms with Gasteiger partial charge in [-0.05, 0) is 25.1 Å². The Morgan fingerprint density at radius 2 is 2.00 bits per heavy atom. The standard InChI is InChI=1S/C11H15N3O4.ClH/c12-6-1-7-13-11(15)8-18-10-4-2-9(3-5-10)14(16)17;/h2-5H,1,6-8,12H2,(H,13,15);1H. The van der Waals surface area contributed by atoms with Crippen molar-refractivity contribution in [2.75, 3.05) is 19.7 Å². The molecule has 8 heteroatoms. The number of ether oxygens (including phenoxy) is 1. The van der Waals surface area contributed by atoms with Gasteiger partial charge in [0.25, 0.3) is 11.6 Å². The maximum Gasteiger partial charge on any atom is 0.269 e. The SMILES string of the molecule is Cl.NCCCNC(=O)COc1ccc([N+](=O)[O-])cc1. The van der Waals surface area contributed by atoms with Crippen LogP contribution in [0.1, 0.15) is 6.42 Å². The van der Waals surface area contributed by atoms with E-state index < -0.39 is 4.92 Å². The third-order valence-corrected chi connectivity index (χ3v) is 2.12. The first-order valence-corrected chi connectivity index (χ1v) is 5.47. The minimum atomic E-state index is -0.497. The summed E-state index contributed by atoms with van der Waals surface area (Å²) in [6.45, 7) is 0.908. The number of carbonyl (C=O) groups is 1. The summed E-state index contributed by atoms with van der Waals surface area (Å²) in [5.41, 5.74) is 5.26. The number of amides is 1. The van der Waals surface area contributed by atoms with Crippen LogP contribution in [0.25, 0.3) is 0 Å². The van der Waals surface area contributed by atoms with E-state index in [-0.39, 0.29) is 30.6 Å². The van der Waals surface area contributed by atoms with Gasteiger partial charge in [0.1, 0.15) is 5.75 Å². The maximum absolute atomic E-state index is 11.3. The van der Waals surface area contributed by atoms with Gasteiger partial charge in [0.05, 0.1) is 4.92 Å². The number of nitrogens with one attached hydrogen (secondary N) is 1. The summed E-state index contributed by atoms with van der Waals surface area (Å²) in [7, 11) is 0. The molecule has 1 aromatic rings. The number of nitro benzene ring substituents is 1. The highest BCUT2D eigenvalue weighted by molar-refractivity contribution is 5.85. The van der Waals surface area contributed by atoms with E-state index in [2.05, 4.69) is 5.32 Å². The highest BCUT2D eigenvalue weighted by atomic mass is 35.5. The summed E-state index contributed by atoms with van der Waals surface area (Å²) in [5, 5.41) is 13.0. The van der Waals surface area contributed by atoms with Crippen molar-refractivity contribution in [1.82, 2.24) is 5.32 Å². The molecule has 0 heterocycles. The molecule has 1 aromatic carbocycles. The van der Waals surface area contributed by atoms with Crippen LogP contribution in [0.15, 0.2) is 24.3 Å². The minimum absolute atomic E-state index is 0. The molecule has 0 radical (unpaired) electrons. The predicted octanol–water partition coefficient (Wildman–Crippen LogP) is 0.860. The fourth-order valence-electron chi connectivity index (χ4n) is 1.19. The molecule has 19 heavy (non-hydrogen) atoms. The molecular weight excluding hydrogens is 274 g/mol. The van der Waals surface area contributed by atoms with Crippen LogP contribution >= 0.6 is 12.4 Å². The Labute approximate surface area is 116 Å². The van der Waals surface area contributed by atoms with Crippen molar-refractivity contribution in [3.8, 4) is 5.75 Å². The second kappa shape index (κ2) is 9.12. The van der Waals surface area contributed by atoms with Gasteiger partial charge in [0.15, 0.2) is 6.61 Å². The number of benzene rings is 1. The lowest BCUT2D eigenvalue weighted by Gasteiger charge is -2.06. The normalized spacial score (nSPS) is 9.32. The molecule has 0 aliphatic rings. The van der Waals surface area contributed by atoms with Gasteiger partial charge in [-0.25, -0.2) is 0 Å². The number of nitrogens with zero attached hydrogens (tertiary/aromatic N) is 1. The van der Waals surface area contributed by atoms with Crippen molar-refractivity contribution in [3.05, 3.63) is 34.4 Å². The van der Waals surface area contributed by atoms with Crippen LogP contribution in [0, 0.1) is 10.1 Å². The highest BCUT2D eigenvalue weighted by Crippen LogP contribution is 2.16. The first-order valence-electron chi connectivity index (χ1n) is 5.47. The lowest BCUT2D eigenvalue weighted by molar-refractivity contribution is -0.384. The van der Waals surface area contributed by atoms with Crippen LogP contribution in [0.3, 0.4) is 0 Å². The molecule has 0 unspecified atom stereocenters. The van der Waals surface area contributed by atoms with Crippen LogP contribution in [-0.4, -0.2) is 30.5 Å². The van der Waals surface area contributed by atoms with Gasteiger partial charge in [-0.15, -0.1) is 12.4 Å². The highest BCUT2D eigenvalue weighted by Gasteiger charge is 2.06. The molecule has 1 rings (SSSR count). The molecule has 3 N–H and O–H groups in total. The number of hydrogen-bond donors (Lipinski definition) is 2. The topological polar surface area (TPSA) is 107 Å². The van der Waals surface area contributed by atoms with Gasteiger partial charge < -0.3 is 15.8 Å². The summed E-state index contributed by atoms with van der Waals surface area (Å²) >= 11 is 0.